The summed E-state index contributed by atoms with van der Waals surface area (Å²) >= 11 is 0. The lowest BCUT2D eigenvalue weighted by molar-refractivity contribution is -0.289. The lowest BCUT2D eigenvalue weighted by Crippen LogP contribution is -2.58. The molecule has 0 spiro atoms. The van der Waals surface area contributed by atoms with Crippen molar-refractivity contribution >= 4 is 31.1 Å². The van der Waals surface area contributed by atoms with E-state index >= 15 is 0 Å². The van der Waals surface area contributed by atoms with Crippen molar-refractivity contribution in [3.05, 3.63) is 0 Å². The van der Waals surface area contributed by atoms with E-state index < -0.39 is 139 Å². The molecule has 0 aromatic heterocycles. The van der Waals surface area contributed by atoms with Gasteiger partial charge in [-0.2, -0.15) is 30.0 Å². The average molecular weight is 716 g/mol. The number of rotatable bonds is 22. The molecule has 10 atom stereocenters. The zero-order valence-electron chi connectivity index (χ0n) is 22.8. The third-order valence-electron chi connectivity index (χ3n) is 5.49. The van der Waals surface area contributed by atoms with E-state index in [0.29, 0.717) is 0 Å². The van der Waals surface area contributed by atoms with E-state index in [2.05, 4.69) is 8.37 Å². The summed E-state index contributed by atoms with van der Waals surface area (Å²) in [6, 6.07) is -1.89. The summed E-state index contributed by atoms with van der Waals surface area (Å²) in [5, 5.41) is 58.5. The monoisotopic (exact) mass is 715 g/mol. The fraction of sp³-hybridized carbons (Fsp3) is 1.00. The minimum absolute atomic E-state index is 0.499. The predicted molar refractivity (Wildman–Crippen MR) is 136 cm³/mol. The molecule has 3 unspecified atom stereocenters. The van der Waals surface area contributed by atoms with E-state index in [1.807, 2.05) is 0 Å². The molecule has 10 N–H and O–H groups in total. The molecule has 1 rings (SSSR count). The molecule has 23 nitrogen and oxygen atoms in total. The van der Waals surface area contributed by atoms with Crippen molar-refractivity contribution in [1.29, 1.82) is 0 Å². The van der Waals surface area contributed by atoms with Crippen LogP contribution in [-0.4, -0.2) is 178 Å². The molecule has 1 aliphatic rings. The van der Waals surface area contributed by atoms with E-state index in [9.17, 15) is 65.0 Å². The number of aliphatic hydroxyl groups is 6. The van der Waals surface area contributed by atoms with Crippen molar-refractivity contribution in [2.75, 3.05) is 46.8 Å². The first-order valence-electron chi connectivity index (χ1n) is 12.2. The number of hydrogen-bond donors (Lipinski definition) is 10. The number of nitrogens with one attached hydrogen (secondary N) is 1. The van der Waals surface area contributed by atoms with Crippen LogP contribution in [0.15, 0.2) is 0 Å². The molecule has 0 bridgehead atoms. The molecular weight excluding hydrogens is 678 g/mol. The third-order valence-corrected chi connectivity index (χ3v) is 7.04. The zero-order valence-corrected chi connectivity index (χ0v) is 25.2. The maximum absolute atomic E-state index is 11.4. The maximum Gasteiger partial charge on any atom is 0.397 e. The van der Waals surface area contributed by atoms with E-state index in [1.165, 1.54) is 0 Å². The number of hydrogen-bond acceptors (Lipinski definition) is 19. The highest BCUT2D eigenvalue weighted by Crippen LogP contribution is 2.21. The van der Waals surface area contributed by atoms with Gasteiger partial charge in [-0.15, -0.1) is 0 Å². The molecule has 1 fully saturated rings. The first kappa shape index (κ1) is 41.2. The van der Waals surface area contributed by atoms with Crippen molar-refractivity contribution in [3.63, 3.8) is 0 Å². The van der Waals surface area contributed by atoms with Gasteiger partial charge in [-0.25, -0.2) is 8.37 Å². The minimum atomic E-state index is -5.21. The Bertz CT molecular complexity index is 1150. The van der Waals surface area contributed by atoms with Crippen molar-refractivity contribution < 1.29 is 102 Å². The Morgan fingerprint density at radius 1 is 0.773 bits per heavy atom. The molecule has 26 heteroatoms. The van der Waals surface area contributed by atoms with Crippen molar-refractivity contribution in [2.45, 2.75) is 67.8 Å². The Balaban J connectivity index is 3.13. The van der Waals surface area contributed by atoms with Gasteiger partial charge in [0.05, 0.1) is 51.8 Å². The number of methoxy groups -OCH3 is 1. The lowest BCUT2D eigenvalue weighted by atomic mass is 9.99. The average Bonchev–Trinajstić information content (AvgIpc) is 2.89. The molecule has 0 aromatic carbocycles. The highest BCUT2D eigenvalue weighted by molar-refractivity contribution is 7.83. The molecule has 0 saturated carbocycles. The SMILES string of the molecule is COCC(COS(=O)(=O)O)O[C@H](O[C@H](CO)C[C@@H](COCC1O[C@@H](O)C(O)[C@H](O)[C@@H]1O)OS(=O)(=O)O)[C@H](CO)NS(=O)(=O)O. The Kier molecular flexibility index (Phi) is 17.3. The minimum Gasteiger partial charge on any atom is -0.395 e. The van der Waals surface area contributed by atoms with Crippen LogP contribution in [0.5, 0.6) is 0 Å². The largest absolute Gasteiger partial charge is 0.397 e. The topological polar surface area (TPSA) is 361 Å². The second kappa shape index (κ2) is 18.5. The van der Waals surface area contributed by atoms with Crippen molar-refractivity contribution in [3.8, 4) is 0 Å². The molecule has 0 radical (unpaired) electrons. The Morgan fingerprint density at radius 2 is 1.39 bits per heavy atom. The molecule has 264 valence electrons. The summed E-state index contributed by atoms with van der Waals surface area (Å²) < 4.78 is 131. The zero-order chi connectivity index (χ0) is 33.9. The van der Waals surface area contributed by atoms with Gasteiger partial charge < -0.3 is 54.3 Å². The number of ether oxygens (including phenoxy) is 5. The Morgan fingerprint density at radius 3 is 1.89 bits per heavy atom. The van der Waals surface area contributed by atoms with Gasteiger partial charge in [-0.3, -0.25) is 13.7 Å². The molecule has 1 aliphatic heterocycles. The molecule has 0 amide bonds. The van der Waals surface area contributed by atoms with Gasteiger partial charge in [0.15, 0.2) is 12.6 Å². The molecule has 0 aliphatic carbocycles. The van der Waals surface area contributed by atoms with Crippen LogP contribution in [0.3, 0.4) is 0 Å². The van der Waals surface area contributed by atoms with Crippen LogP contribution in [0, 0.1) is 0 Å². The van der Waals surface area contributed by atoms with Crippen molar-refractivity contribution in [1.82, 2.24) is 4.72 Å². The molecule has 1 heterocycles. The van der Waals surface area contributed by atoms with Crippen LogP contribution in [0.1, 0.15) is 6.42 Å². The highest BCUT2D eigenvalue weighted by atomic mass is 32.3. The van der Waals surface area contributed by atoms with E-state index in [4.69, 9.17) is 28.2 Å². The highest BCUT2D eigenvalue weighted by Gasteiger charge is 2.43. The second-order valence-electron chi connectivity index (χ2n) is 9.07. The van der Waals surface area contributed by atoms with Gasteiger partial charge in [-0.05, 0) is 0 Å². The smallest absolute Gasteiger partial charge is 0.395 e. The molecule has 0 aromatic rings. The second-order valence-corrected chi connectivity index (χ2v) is 12.4. The Hall–Kier alpha value is -0.830. The number of aliphatic hydroxyl groups excluding tert-OH is 6. The maximum atomic E-state index is 11.4. The van der Waals surface area contributed by atoms with Crippen LogP contribution in [0.2, 0.25) is 0 Å². The van der Waals surface area contributed by atoms with Gasteiger partial charge in [0, 0.05) is 13.5 Å². The fourth-order valence-corrected chi connectivity index (χ4v) is 4.97. The normalized spacial score (nSPS) is 27.0. The van der Waals surface area contributed by atoms with Gasteiger partial charge in [-0.1, -0.05) is 0 Å². The standard InChI is InChI=1S/C18H37NO22S3/c1-35-5-11(7-37-43(29,30)31)39-18(12(4-21)19-42(26,27)28)38-9(3-20)2-10(41-44(32,33)34)6-36-8-13-14(22)15(23)16(24)17(25)40-13/h9-25H,2-8H2,1H3,(H,26,27,28)(H,29,30,31)(H,32,33,34)/t9-,10-,11?,12-,13?,14+,15+,16?,17+,18-/m0/s1. The lowest BCUT2D eigenvalue weighted by Gasteiger charge is -2.38. The summed E-state index contributed by atoms with van der Waals surface area (Å²) in [7, 11) is -14.2. The van der Waals surface area contributed by atoms with Crippen LogP contribution in [0.25, 0.3) is 0 Å². The summed E-state index contributed by atoms with van der Waals surface area (Å²) in [6.07, 6.45) is -16.5. The fourth-order valence-electron chi connectivity index (χ4n) is 3.60. The first-order valence-corrected chi connectivity index (χ1v) is 16.4. The van der Waals surface area contributed by atoms with Crippen LogP contribution in [-0.2, 0) is 63.2 Å². The third kappa shape index (κ3) is 16.1. The van der Waals surface area contributed by atoms with Gasteiger partial charge in [0.2, 0.25) is 0 Å². The van der Waals surface area contributed by atoms with Gasteiger partial charge in [0.25, 0.3) is 0 Å². The first-order chi connectivity index (χ1) is 20.2. The summed E-state index contributed by atoms with van der Waals surface area (Å²) in [6.45, 7) is -5.08. The van der Waals surface area contributed by atoms with E-state index in [1.54, 1.807) is 4.72 Å². The van der Waals surface area contributed by atoms with Crippen LogP contribution >= 0.6 is 0 Å². The van der Waals surface area contributed by atoms with E-state index in [0.717, 1.165) is 7.11 Å². The van der Waals surface area contributed by atoms with Crippen LogP contribution < -0.4 is 4.72 Å². The van der Waals surface area contributed by atoms with Crippen LogP contribution in [0.4, 0.5) is 0 Å². The molecular formula is C18H37NO22S3. The van der Waals surface area contributed by atoms with E-state index in [-0.39, 0.29) is 0 Å². The van der Waals surface area contributed by atoms with Gasteiger partial charge in [0.1, 0.15) is 36.6 Å². The predicted octanol–water partition coefficient (Wildman–Crippen LogP) is -6.31. The van der Waals surface area contributed by atoms with Crippen molar-refractivity contribution in [2.24, 2.45) is 0 Å². The van der Waals surface area contributed by atoms with Gasteiger partial charge >= 0.3 is 31.1 Å². The molecule has 1 saturated heterocycles. The summed E-state index contributed by atoms with van der Waals surface area (Å²) in [4.78, 5) is 0. The Labute approximate surface area is 251 Å². The summed E-state index contributed by atoms with van der Waals surface area (Å²) in [5.74, 6) is 0. The summed E-state index contributed by atoms with van der Waals surface area (Å²) in [5.41, 5.74) is 0. The quantitative estimate of drug-likeness (QED) is 0.0368. The molecule has 44 heavy (non-hydrogen) atoms.